The molecule has 0 spiro atoms. The monoisotopic (exact) mass is 377 g/mol. The van der Waals surface area contributed by atoms with Crippen LogP contribution in [-0.4, -0.2) is 12.6 Å². The quantitative estimate of drug-likeness (QED) is 0.565. The van der Waals surface area contributed by atoms with Crippen LogP contribution in [0.15, 0.2) is 36.4 Å². The third-order valence-corrected chi connectivity index (χ3v) is 5.20. The van der Waals surface area contributed by atoms with E-state index in [1.54, 1.807) is 12.1 Å². The molecular formula is C20H22F3N3O. The fourth-order valence-electron chi connectivity index (χ4n) is 3.81. The van der Waals surface area contributed by atoms with Crippen LogP contribution in [0.1, 0.15) is 31.2 Å². The number of nitrogens with one attached hydrogen (secondary N) is 2. The second-order valence-corrected chi connectivity index (χ2v) is 7.29. The van der Waals surface area contributed by atoms with Crippen LogP contribution >= 0.6 is 0 Å². The van der Waals surface area contributed by atoms with Gasteiger partial charge in [0.2, 0.25) is 0 Å². The van der Waals surface area contributed by atoms with E-state index < -0.39 is 11.7 Å². The third-order valence-electron chi connectivity index (χ3n) is 5.20. The molecule has 4 N–H and O–H groups in total. The molecule has 27 heavy (non-hydrogen) atoms. The molecular weight excluding hydrogens is 355 g/mol. The maximum absolute atomic E-state index is 13.4. The van der Waals surface area contributed by atoms with Crippen molar-refractivity contribution in [3.05, 3.63) is 42.0 Å². The van der Waals surface area contributed by atoms with Gasteiger partial charge in [0.25, 0.3) is 0 Å². The van der Waals surface area contributed by atoms with E-state index in [1.165, 1.54) is 0 Å². The number of ether oxygens (including phenoxy) is 1. The topological polar surface area (TPSA) is 59.3 Å². The first-order valence-corrected chi connectivity index (χ1v) is 9.19. The van der Waals surface area contributed by atoms with E-state index >= 15 is 0 Å². The minimum Gasteiger partial charge on any atom is -0.453 e. The summed E-state index contributed by atoms with van der Waals surface area (Å²) in [5, 5.41) is 6.41. The summed E-state index contributed by atoms with van der Waals surface area (Å²) in [6.45, 7) is 0.588. The van der Waals surface area contributed by atoms with Crippen LogP contribution in [0.5, 0.6) is 11.5 Å². The van der Waals surface area contributed by atoms with Crippen molar-refractivity contribution in [3.8, 4) is 11.5 Å². The van der Waals surface area contributed by atoms with Crippen molar-refractivity contribution in [2.24, 2.45) is 11.7 Å². The molecule has 1 heterocycles. The van der Waals surface area contributed by atoms with Gasteiger partial charge in [0.05, 0.1) is 16.9 Å². The van der Waals surface area contributed by atoms with E-state index in [-0.39, 0.29) is 11.8 Å². The van der Waals surface area contributed by atoms with E-state index in [4.69, 9.17) is 10.5 Å². The van der Waals surface area contributed by atoms with Gasteiger partial charge >= 0.3 is 6.18 Å². The molecule has 0 saturated heterocycles. The molecule has 4 nitrogen and oxygen atoms in total. The highest BCUT2D eigenvalue weighted by molar-refractivity contribution is 5.85. The summed E-state index contributed by atoms with van der Waals surface area (Å²) in [6, 6.07) is 9.55. The van der Waals surface area contributed by atoms with Crippen molar-refractivity contribution >= 4 is 17.1 Å². The van der Waals surface area contributed by atoms with E-state index in [9.17, 15) is 13.2 Å². The van der Waals surface area contributed by atoms with Gasteiger partial charge in [-0.15, -0.1) is 0 Å². The Kier molecular flexibility index (Phi) is 4.63. The van der Waals surface area contributed by atoms with Gasteiger partial charge in [0.15, 0.2) is 11.5 Å². The summed E-state index contributed by atoms with van der Waals surface area (Å²) in [6.07, 6.45) is -0.445. The van der Waals surface area contributed by atoms with Crippen LogP contribution in [-0.2, 0) is 6.18 Å². The van der Waals surface area contributed by atoms with Crippen LogP contribution in [0.2, 0.25) is 0 Å². The molecule has 1 fully saturated rings. The second kappa shape index (κ2) is 6.96. The van der Waals surface area contributed by atoms with Crippen molar-refractivity contribution in [2.45, 2.75) is 37.9 Å². The Morgan fingerprint density at radius 3 is 2.74 bits per heavy atom. The van der Waals surface area contributed by atoms with Gasteiger partial charge in [0, 0.05) is 12.6 Å². The molecule has 0 amide bonds. The third kappa shape index (κ3) is 3.83. The van der Waals surface area contributed by atoms with Crippen molar-refractivity contribution in [2.75, 3.05) is 17.2 Å². The van der Waals surface area contributed by atoms with Gasteiger partial charge in [-0.05, 0) is 49.4 Å². The maximum atomic E-state index is 13.4. The summed E-state index contributed by atoms with van der Waals surface area (Å²) < 4.78 is 45.8. The predicted molar refractivity (Wildman–Crippen MR) is 99.7 cm³/mol. The number of para-hydroxylation sites is 2. The number of benzene rings is 2. The molecule has 1 aliphatic carbocycles. The van der Waals surface area contributed by atoms with Gasteiger partial charge in [0.1, 0.15) is 5.69 Å². The SMILES string of the molecule is NC1CCCC(CNc2cc(C(F)(F)F)cc3c2Nc2ccccc2O3)C1. The molecule has 2 atom stereocenters. The molecule has 2 aromatic carbocycles. The number of fused-ring (bicyclic) bond motifs is 2. The first-order valence-electron chi connectivity index (χ1n) is 9.19. The van der Waals surface area contributed by atoms with Crippen LogP contribution in [0.3, 0.4) is 0 Å². The Labute approximate surface area is 155 Å². The first kappa shape index (κ1) is 18.0. The summed E-state index contributed by atoms with van der Waals surface area (Å²) in [4.78, 5) is 0. The predicted octanol–water partition coefficient (Wildman–Crippen LogP) is 5.48. The molecule has 0 radical (unpaired) electrons. The minimum absolute atomic E-state index is 0.173. The summed E-state index contributed by atoms with van der Waals surface area (Å²) in [5.41, 5.74) is 6.95. The second-order valence-electron chi connectivity index (χ2n) is 7.29. The Morgan fingerprint density at radius 1 is 1.15 bits per heavy atom. The fourth-order valence-corrected chi connectivity index (χ4v) is 3.81. The zero-order valence-corrected chi connectivity index (χ0v) is 14.8. The molecule has 1 aliphatic heterocycles. The highest BCUT2D eigenvalue weighted by Crippen LogP contribution is 2.48. The van der Waals surface area contributed by atoms with Gasteiger partial charge < -0.3 is 21.1 Å². The normalized spacial score (nSPS) is 21.5. The molecule has 2 unspecified atom stereocenters. The zero-order valence-electron chi connectivity index (χ0n) is 14.8. The minimum atomic E-state index is -4.45. The Morgan fingerprint density at radius 2 is 1.96 bits per heavy atom. The molecule has 0 aromatic heterocycles. The number of rotatable bonds is 3. The van der Waals surface area contributed by atoms with E-state index in [1.807, 2.05) is 12.1 Å². The zero-order chi connectivity index (χ0) is 19.0. The highest BCUT2D eigenvalue weighted by Gasteiger charge is 2.34. The largest absolute Gasteiger partial charge is 0.453 e. The van der Waals surface area contributed by atoms with Gasteiger partial charge in [-0.3, -0.25) is 0 Å². The Hall–Kier alpha value is -2.41. The van der Waals surface area contributed by atoms with Crippen LogP contribution < -0.4 is 21.1 Å². The highest BCUT2D eigenvalue weighted by atomic mass is 19.4. The number of halogens is 3. The Balaban J connectivity index is 1.63. The van der Waals surface area contributed by atoms with Crippen molar-refractivity contribution in [3.63, 3.8) is 0 Å². The lowest BCUT2D eigenvalue weighted by molar-refractivity contribution is -0.137. The molecule has 1 saturated carbocycles. The average Bonchev–Trinajstić information content (AvgIpc) is 2.63. The van der Waals surface area contributed by atoms with Crippen molar-refractivity contribution in [1.29, 1.82) is 0 Å². The molecule has 4 rings (SSSR count). The maximum Gasteiger partial charge on any atom is 0.416 e. The number of anilines is 3. The van der Waals surface area contributed by atoms with E-state index in [0.29, 0.717) is 29.6 Å². The molecule has 144 valence electrons. The summed E-state index contributed by atoms with van der Waals surface area (Å²) >= 11 is 0. The lowest BCUT2D eigenvalue weighted by Crippen LogP contribution is -2.31. The first-order chi connectivity index (χ1) is 12.9. The van der Waals surface area contributed by atoms with E-state index in [2.05, 4.69) is 10.6 Å². The van der Waals surface area contributed by atoms with Gasteiger partial charge in [-0.2, -0.15) is 13.2 Å². The average molecular weight is 377 g/mol. The number of nitrogens with two attached hydrogens (primary N) is 1. The van der Waals surface area contributed by atoms with Crippen LogP contribution in [0, 0.1) is 5.92 Å². The lowest BCUT2D eigenvalue weighted by Gasteiger charge is -2.29. The van der Waals surface area contributed by atoms with Gasteiger partial charge in [-0.25, -0.2) is 0 Å². The van der Waals surface area contributed by atoms with Crippen molar-refractivity contribution in [1.82, 2.24) is 0 Å². The smallest absolute Gasteiger partial charge is 0.416 e. The Bertz CT molecular complexity index is 838. The molecule has 7 heteroatoms. The van der Waals surface area contributed by atoms with E-state index in [0.717, 1.165) is 43.5 Å². The number of hydrogen-bond donors (Lipinski definition) is 3. The van der Waals surface area contributed by atoms with Crippen molar-refractivity contribution < 1.29 is 17.9 Å². The van der Waals surface area contributed by atoms with Crippen LogP contribution in [0.4, 0.5) is 30.2 Å². The number of hydrogen-bond acceptors (Lipinski definition) is 4. The standard InChI is InChI=1S/C20H22F3N3O/c21-20(22,23)13-9-16(25-11-12-4-3-5-14(24)8-12)19-18(10-13)27-17-7-2-1-6-15(17)26-19/h1-2,6-7,9-10,12,14,25-26H,3-5,8,11,24H2. The van der Waals surface area contributed by atoms with Crippen LogP contribution in [0.25, 0.3) is 0 Å². The molecule has 2 aliphatic rings. The molecule has 0 bridgehead atoms. The van der Waals surface area contributed by atoms with Gasteiger partial charge in [-0.1, -0.05) is 18.6 Å². The summed E-state index contributed by atoms with van der Waals surface area (Å²) in [5.74, 6) is 1.04. The summed E-state index contributed by atoms with van der Waals surface area (Å²) in [7, 11) is 0. The lowest BCUT2D eigenvalue weighted by atomic mass is 9.86. The fraction of sp³-hybridized carbons (Fsp3) is 0.400. The molecule has 2 aromatic rings. The number of alkyl halides is 3.